The van der Waals surface area contributed by atoms with Crippen LogP contribution in [0.15, 0.2) is 18.2 Å². The summed E-state index contributed by atoms with van der Waals surface area (Å²) in [7, 11) is 0.283. The first-order valence-electron chi connectivity index (χ1n) is 5.81. The van der Waals surface area contributed by atoms with Gasteiger partial charge in [0.05, 0.1) is 47.5 Å². The largest absolute Gasteiger partial charge is 0.748 e. The molecule has 116 valence electrons. The van der Waals surface area contributed by atoms with E-state index in [0.717, 1.165) is 18.7 Å². The fourth-order valence-electron chi connectivity index (χ4n) is 1.10. The highest BCUT2D eigenvalue weighted by Gasteiger charge is 2.00. The fourth-order valence-corrected chi connectivity index (χ4v) is 1.42. The van der Waals surface area contributed by atoms with Crippen LogP contribution >= 0.6 is 23.2 Å². The topological polar surface area (TPSA) is 70.9 Å². The Morgan fingerprint density at radius 1 is 1.25 bits per heavy atom. The van der Waals surface area contributed by atoms with Gasteiger partial charge in [0.25, 0.3) is 0 Å². The molecule has 0 fully saturated rings. The van der Waals surface area contributed by atoms with E-state index >= 15 is 0 Å². The number of hydrogen-bond donors (Lipinski definition) is 1. The Hall–Kier alpha value is -0.370. The number of likely N-dealkylation sites (N-methyl/N-ethyl adjacent to an activating group) is 1. The minimum absolute atomic E-state index is 0.580. The van der Waals surface area contributed by atoms with Crippen LogP contribution < -0.4 is 4.90 Å². The maximum absolute atomic E-state index is 9.08. The van der Waals surface area contributed by atoms with E-state index in [1.807, 2.05) is 12.1 Å². The lowest BCUT2D eigenvalue weighted by molar-refractivity contribution is -0.858. The first kappa shape index (κ1) is 19.6. The second kappa shape index (κ2) is 9.55. The molecule has 0 aliphatic carbocycles. The summed E-state index contributed by atoms with van der Waals surface area (Å²) in [6, 6.07) is 5.56. The van der Waals surface area contributed by atoms with Crippen molar-refractivity contribution in [2.45, 2.75) is 6.61 Å². The summed E-state index contributed by atoms with van der Waals surface area (Å²) < 4.78 is 32.7. The van der Waals surface area contributed by atoms with Crippen LogP contribution in [0.5, 0.6) is 0 Å². The molecule has 0 heterocycles. The Balaban J connectivity index is 0.000000621. The zero-order chi connectivity index (χ0) is 15.8. The van der Waals surface area contributed by atoms with E-state index < -0.39 is 10.1 Å². The molecule has 8 heteroatoms. The third-order valence-corrected chi connectivity index (χ3v) is 2.74. The summed E-state index contributed by atoms with van der Waals surface area (Å²) in [5.74, 6) is 0. The quantitative estimate of drug-likeness (QED) is 0.634. The molecule has 0 radical (unpaired) electrons. The second-order valence-electron chi connectivity index (χ2n) is 4.46. The molecule has 0 atom stereocenters. The smallest absolute Gasteiger partial charge is 0.100 e. The molecule has 0 unspecified atom stereocenters. The van der Waals surface area contributed by atoms with E-state index in [0.29, 0.717) is 22.9 Å². The third kappa shape index (κ3) is 12.7. The Bertz CT molecular complexity index is 498. The minimum atomic E-state index is -3.92. The summed E-state index contributed by atoms with van der Waals surface area (Å²) in [6.45, 7) is 2.34. The Morgan fingerprint density at radius 3 is 2.25 bits per heavy atom. The molecule has 20 heavy (non-hydrogen) atoms. The van der Waals surface area contributed by atoms with Gasteiger partial charge in [0.2, 0.25) is 0 Å². The minimum Gasteiger partial charge on any atom is -0.748 e. The van der Waals surface area contributed by atoms with E-state index in [4.69, 9.17) is 40.9 Å². The highest BCUT2D eigenvalue weighted by molar-refractivity contribution is 7.84. The van der Waals surface area contributed by atoms with Gasteiger partial charge in [-0.15, -0.1) is 0 Å². The van der Waals surface area contributed by atoms with Crippen LogP contribution in [0, 0.1) is 0 Å². The molecule has 0 aliphatic heterocycles. The van der Waals surface area contributed by atoms with Gasteiger partial charge in [-0.25, -0.2) is 8.42 Å². The summed E-state index contributed by atoms with van der Waals surface area (Å²) >= 11 is 11.7. The average Bonchev–Trinajstić information content (AvgIpc) is 2.26. The van der Waals surface area contributed by atoms with Crippen LogP contribution in [0.2, 0.25) is 10.0 Å². The van der Waals surface area contributed by atoms with Crippen LogP contribution in [-0.2, 0) is 21.5 Å². The molecular weight excluding hydrogens is 325 g/mol. The molecule has 0 spiro atoms. The van der Waals surface area contributed by atoms with Crippen molar-refractivity contribution in [1.82, 2.24) is 0 Å². The number of nitrogens with one attached hydrogen (secondary N) is 1. The monoisotopic (exact) mass is 343 g/mol. The van der Waals surface area contributed by atoms with Crippen molar-refractivity contribution in [1.29, 1.82) is 0 Å². The average molecular weight is 344 g/mol. The highest BCUT2D eigenvalue weighted by atomic mass is 35.5. The van der Waals surface area contributed by atoms with E-state index in [9.17, 15) is 0 Å². The number of hydrogen-bond acceptors (Lipinski definition) is 4. The van der Waals surface area contributed by atoms with Gasteiger partial charge in [0.1, 0.15) is 6.54 Å². The Morgan fingerprint density at radius 2 is 1.80 bits per heavy atom. The number of rotatable bonds is 5. The molecule has 1 rings (SSSR count). The number of benzene rings is 1. The maximum atomic E-state index is 9.08. The lowest BCUT2D eigenvalue weighted by Crippen LogP contribution is -3.06. The third-order valence-electron chi connectivity index (χ3n) is 2.00. The molecule has 1 N–H and O–H groups in total. The normalized spacial score (nSPS) is 11.2. The van der Waals surface area contributed by atoms with Gasteiger partial charge < -0.3 is 14.2 Å². The predicted octanol–water partition coefficient (Wildman–Crippen LogP) is 0.816. The molecule has 0 amide bonds. The summed E-state index contributed by atoms with van der Waals surface area (Å²) in [6.07, 6.45) is 0.604. The lowest BCUT2D eigenvalue weighted by atomic mass is 10.2. The fraction of sp³-hybridized carbons (Fsp3) is 0.500. The van der Waals surface area contributed by atoms with E-state index in [1.165, 1.54) is 4.90 Å². The van der Waals surface area contributed by atoms with Gasteiger partial charge in [0, 0.05) is 6.26 Å². The molecule has 0 saturated heterocycles. The molecule has 0 aromatic heterocycles. The van der Waals surface area contributed by atoms with E-state index in [1.54, 1.807) is 6.07 Å². The number of quaternary nitrogens is 1. The van der Waals surface area contributed by atoms with Gasteiger partial charge in [-0.1, -0.05) is 29.3 Å². The van der Waals surface area contributed by atoms with Crippen molar-refractivity contribution in [2.24, 2.45) is 0 Å². The van der Waals surface area contributed by atoms with Crippen molar-refractivity contribution in [3.8, 4) is 0 Å². The standard InChI is InChI=1S/C11H15Cl2NO.CH4O3S/c1-14(2)5-6-15-8-9-3-4-10(12)11(13)7-9;1-5(2,3)4/h3-4,7H,5-6,8H2,1-2H3;1H3,(H,2,3,4). The molecule has 1 aromatic carbocycles. The zero-order valence-corrected chi connectivity index (χ0v) is 14.0. The van der Waals surface area contributed by atoms with Gasteiger partial charge in [0.15, 0.2) is 0 Å². The molecule has 0 saturated carbocycles. The number of ether oxygens (including phenoxy) is 1. The highest BCUT2D eigenvalue weighted by Crippen LogP contribution is 2.22. The summed E-state index contributed by atoms with van der Waals surface area (Å²) in [4.78, 5) is 1.38. The van der Waals surface area contributed by atoms with Crippen LogP contribution in [0.4, 0.5) is 0 Å². The Kier molecular flexibility index (Phi) is 9.37. The molecular formula is C12H19Cl2NO4S. The van der Waals surface area contributed by atoms with Gasteiger partial charge in [-0.05, 0) is 17.7 Å². The van der Waals surface area contributed by atoms with Gasteiger partial charge in [-0.2, -0.15) is 0 Å². The Labute approximate surface area is 130 Å². The van der Waals surface area contributed by atoms with Crippen LogP contribution in [0.3, 0.4) is 0 Å². The first-order valence-corrected chi connectivity index (χ1v) is 8.38. The molecule has 5 nitrogen and oxygen atoms in total. The van der Waals surface area contributed by atoms with Crippen LogP contribution in [0.1, 0.15) is 5.56 Å². The van der Waals surface area contributed by atoms with Crippen molar-refractivity contribution in [3.63, 3.8) is 0 Å². The maximum Gasteiger partial charge on any atom is 0.100 e. The van der Waals surface area contributed by atoms with Crippen molar-refractivity contribution >= 4 is 33.3 Å². The SMILES string of the molecule is CS(=O)(=O)[O-].C[NH+](C)CCOCc1ccc(Cl)c(Cl)c1. The second-order valence-corrected chi connectivity index (χ2v) is 6.68. The van der Waals surface area contributed by atoms with Crippen molar-refractivity contribution < 1.29 is 22.6 Å². The summed E-state index contributed by atoms with van der Waals surface area (Å²) in [5.41, 5.74) is 1.05. The molecule has 0 aliphatic rings. The van der Waals surface area contributed by atoms with Crippen molar-refractivity contribution in [2.75, 3.05) is 33.5 Å². The van der Waals surface area contributed by atoms with Crippen LogP contribution in [0.25, 0.3) is 0 Å². The molecule has 1 aromatic rings. The van der Waals surface area contributed by atoms with E-state index in [2.05, 4.69) is 14.1 Å². The van der Waals surface area contributed by atoms with Gasteiger partial charge >= 0.3 is 0 Å². The molecule has 0 bridgehead atoms. The predicted molar refractivity (Wildman–Crippen MR) is 79.4 cm³/mol. The zero-order valence-electron chi connectivity index (χ0n) is 11.7. The first-order chi connectivity index (χ1) is 9.09. The van der Waals surface area contributed by atoms with E-state index in [-0.39, 0.29) is 0 Å². The number of halogens is 2. The van der Waals surface area contributed by atoms with Gasteiger partial charge in [-0.3, -0.25) is 0 Å². The lowest BCUT2D eigenvalue weighted by Gasteiger charge is -2.08. The summed E-state index contributed by atoms with van der Waals surface area (Å²) in [5, 5.41) is 1.16. The van der Waals surface area contributed by atoms with Crippen LogP contribution in [-0.4, -0.2) is 46.5 Å². The van der Waals surface area contributed by atoms with Crippen molar-refractivity contribution in [3.05, 3.63) is 33.8 Å².